The molecule has 2 unspecified atom stereocenters. The summed E-state index contributed by atoms with van der Waals surface area (Å²) in [6.45, 7) is 8.26. The number of H-pyrrole nitrogens is 1. The van der Waals surface area contributed by atoms with Gasteiger partial charge in [0.15, 0.2) is 5.01 Å². The Labute approximate surface area is 232 Å². The highest BCUT2D eigenvalue weighted by Crippen LogP contribution is 2.38. The van der Waals surface area contributed by atoms with Crippen molar-refractivity contribution in [2.75, 3.05) is 19.8 Å². The van der Waals surface area contributed by atoms with Gasteiger partial charge in [0.05, 0.1) is 24.6 Å². The second-order valence-electron chi connectivity index (χ2n) is 10.6. The fraction of sp³-hybridized carbons (Fsp3) is 0.500. The van der Waals surface area contributed by atoms with Gasteiger partial charge in [-0.3, -0.25) is 15.0 Å². The highest BCUT2D eigenvalue weighted by molar-refractivity contribution is 14.2. The number of nitrogens with one attached hydrogen (secondary N) is 2. The molecule has 1 amide bonds. The van der Waals surface area contributed by atoms with Crippen LogP contribution in [0.25, 0.3) is 10.9 Å². The first-order valence-corrected chi connectivity index (χ1v) is 16.2. The second kappa shape index (κ2) is 10.8. The van der Waals surface area contributed by atoms with Crippen LogP contribution >= 0.6 is 32.4 Å². The molecule has 2 atom stereocenters. The van der Waals surface area contributed by atoms with Crippen molar-refractivity contribution in [2.45, 2.75) is 62.1 Å². The minimum atomic E-state index is -0.539. The molecule has 3 aromatic rings. The highest BCUT2D eigenvalue weighted by Gasteiger charge is 2.38. The van der Waals surface area contributed by atoms with Gasteiger partial charge in [-0.2, -0.15) is 3.15 Å². The molecule has 6 rings (SSSR count). The van der Waals surface area contributed by atoms with E-state index >= 15 is 0 Å². The number of amides is 1. The number of hydrogen-bond acceptors (Lipinski definition) is 6. The van der Waals surface area contributed by atoms with Gasteiger partial charge in [-0.15, -0.1) is 11.3 Å². The lowest BCUT2D eigenvalue weighted by atomic mass is 10.1. The van der Waals surface area contributed by atoms with Crippen molar-refractivity contribution >= 4 is 49.2 Å². The number of ether oxygens (including phenoxy) is 1. The maximum atomic E-state index is 12.9. The maximum absolute atomic E-state index is 12.9. The molecule has 1 aromatic carbocycles. The fourth-order valence-electron chi connectivity index (χ4n) is 5.39. The van der Waals surface area contributed by atoms with Crippen LogP contribution in [0.15, 0.2) is 39.6 Å². The molecule has 2 aliphatic carbocycles. The van der Waals surface area contributed by atoms with E-state index in [4.69, 9.17) is 4.74 Å². The standard InChI is InChI=1S/C28H34IN5O2S/c1-18-6-7-23-20(12-18)13-21(31-23)16-36-17-30-14-19-4-3-5-22(19)29-33-26(35)27-32-24-8-11-34(15-25(24)37-27)28(2)9-10-28/h6-7,9-10,12-13,19,22,30-31H,3-5,8,11,14-17H2,1-2H3. The van der Waals surface area contributed by atoms with Crippen LogP contribution in [0.4, 0.5) is 0 Å². The predicted molar refractivity (Wildman–Crippen MR) is 156 cm³/mol. The van der Waals surface area contributed by atoms with Crippen LogP contribution in [0.3, 0.4) is 0 Å². The number of halogens is 1. The van der Waals surface area contributed by atoms with Crippen LogP contribution in [0.1, 0.15) is 57.8 Å². The number of thiazole rings is 1. The smallest absolute Gasteiger partial charge is 0.310 e. The molecular formula is C28H34IN5O2S. The van der Waals surface area contributed by atoms with Gasteiger partial charge in [-0.05, 0) is 56.2 Å². The van der Waals surface area contributed by atoms with Crippen molar-refractivity contribution < 1.29 is 9.53 Å². The van der Waals surface area contributed by atoms with Crippen molar-refractivity contribution in [1.82, 2.24) is 20.2 Å². The Morgan fingerprint density at radius 1 is 1.35 bits per heavy atom. The fourth-order valence-corrected chi connectivity index (χ4v) is 9.19. The van der Waals surface area contributed by atoms with E-state index in [0.29, 0.717) is 28.2 Å². The van der Waals surface area contributed by atoms with Gasteiger partial charge >= 0.3 is 5.91 Å². The van der Waals surface area contributed by atoms with Gasteiger partial charge in [0, 0.05) is 67.1 Å². The molecule has 196 valence electrons. The Morgan fingerprint density at radius 3 is 3.11 bits per heavy atom. The molecule has 0 saturated heterocycles. The summed E-state index contributed by atoms with van der Waals surface area (Å²) in [5.41, 5.74) is 4.75. The molecule has 7 nitrogen and oxygen atoms in total. The summed E-state index contributed by atoms with van der Waals surface area (Å²) < 4.78 is 11.0. The number of carbonyl (C=O) groups excluding carboxylic acids is 1. The van der Waals surface area contributed by atoms with Crippen LogP contribution in [-0.4, -0.2) is 50.1 Å². The molecule has 0 bridgehead atoms. The van der Waals surface area contributed by atoms with Crippen molar-refractivity contribution in [3.8, 4) is 0 Å². The van der Waals surface area contributed by atoms with Crippen molar-refractivity contribution in [2.24, 2.45) is 9.06 Å². The molecule has 2 N–H and O–H groups in total. The summed E-state index contributed by atoms with van der Waals surface area (Å²) in [5.74, 6) is 0.485. The van der Waals surface area contributed by atoms with Crippen LogP contribution in [0.5, 0.6) is 0 Å². The monoisotopic (exact) mass is 631 g/mol. The second-order valence-corrected chi connectivity index (χ2v) is 14.4. The molecule has 3 heterocycles. The normalized spacial score (nSPS) is 23.0. The Morgan fingerprint density at radius 2 is 2.24 bits per heavy atom. The molecular weight excluding hydrogens is 597 g/mol. The zero-order valence-corrected chi connectivity index (χ0v) is 24.4. The van der Waals surface area contributed by atoms with Gasteiger partial charge in [0.1, 0.15) is 0 Å². The largest absolute Gasteiger partial charge is 0.360 e. The number of aryl methyl sites for hydroxylation is 1. The summed E-state index contributed by atoms with van der Waals surface area (Å²) in [6, 6.07) is 8.60. The third-order valence-electron chi connectivity index (χ3n) is 7.76. The molecule has 1 fully saturated rings. The predicted octanol–water partition coefficient (Wildman–Crippen LogP) is 5.85. The third-order valence-corrected chi connectivity index (χ3v) is 11.9. The topological polar surface area (TPSA) is 82.6 Å². The lowest BCUT2D eigenvalue weighted by molar-refractivity contribution is 0.0989. The molecule has 2 aromatic heterocycles. The molecule has 37 heavy (non-hydrogen) atoms. The van der Waals surface area contributed by atoms with E-state index < -0.39 is 21.0 Å². The third kappa shape index (κ3) is 5.80. The quantitative estimate of drug-likeness (QED) is 0.102. The van der Waals surface area contributed by atoms with E-state index in [9.17, 15) is 4.79 Å². The highest BCUT2D eigenvalue weighted by atomic mass is 127. The van der Waals surface area contributed by atoms with Gasteiger partial charge in [0.25, 0.3) is 0 Å². The Kier molecular flexibility index (Phi) is 7.41. The summed E-state index contributed by atoms with van der Waals surface area (Å²) in [7, 11) is 0. The van der Waals surface area contributed by atoms with E-state index in [2.05, 4.69) is 73.6 Å². The van der Waals surface area contributed by atoms with Gasteiger partial charge in [-0.25, -0.2) is 4.98 Å². The summed E-state index contributed by atoms with van der Waals surface area (Å²) in [6.07, 6.45) is 9.02. The molecule has 0 radical (unpaired) electrons. The van der Waals surface area contributed by atoms with E-state index in [0.717, 1.165) is 43.0 Å². The minimum Gasteiger partial charge on any atom is -0.360 e. The van der Waals surface area contributed by atoms with Crippen LogP contribution in [0, 0.1) is 12.8 Å². The first kappa shape index (κ1) is 25.5. The summed E-state index contributed by atoms with van der Waals surface area (Å²) in [4.78, 5) is 24.7. The van der Waals surface area contributed by atoms with Crippen molar-refractivity contribution in [3.63, 3.8) is 0 Å². The summed E-state index contributed by atoms with van der Waals surface area (Å²) in [5, 5.41) is 5.30. The number of aromatic nitrogens is 2. The van der Waals surface area contributed by atoms with Crippen molar-refractivity contribution in [1.29, 1.82) is 0 Å². The number of nitrogens with zero attached hydrogens (tertiary/aromatic N) is 3. The average Bonchev–Trinajstić information content (AvgIpc) is 3.24. The number of alkyl halides is 1. The van der Waals surface area contributed by atoms with Gasteiger partial charge in [-0.1, -0.05) is 30.2 Å². The van der Waals surface area contributed by atoms with Crippen LogP contribution < -0.4 is 5.32 Å². The Balaban J connectivity index is 0.961. The number of aromatic amines is 1. The van der Waals surface area contributed by atoms with Gasteiger partial charge in [0.2, 0.25) is 0 Å². The lowest BCUT2D eigenvalue weighted by Gasteiger charge is -2.32. The number of fused-ring (bicyclic) bond motifs is 2. The minimum absolute atomic E-state index is 0.0926. The van der Waals surface area contributed by atoms with E-state index in [1.54, 1.807) is 11.3 Å². The zero-order valence-electron chi connectivity index (χ0n) is 21.4. The van der Waals surface area contributed by atoms with Crippen LogP contribution in [-0.2, 0) is 24.3 Å². The van der Waals surface area contributed by atoms with E-state index in [-0.39, 0.29) is 11.4 Å². The van der Waals surface area contributed by atoms with E-state index in [1.807, 2.05) is 0 Å². The summed E-state index contributed by atoms with van der Waals surface area (Å²) >= 11 is 1.02. The zero-order chi connectivity index (χ0) is 25.4. The number of rotatable bonds is 9. The van der Waals surface area contributed by atoms with E-state index in [1.165, 1.54) is 35.1 Å². The molecule has 0 spiro atoms. The van der Waals surface area contributed by atoms with Gasteiger partial charge < -0.3 is 9.72 Å². The maximum Gasteiger partial charge on any atom is 0.310 e. The molecule has 1 aliphatic heterocycles. The number of hydrogen-bond donors (Lipinski definition) is 2. The average molecular weight is 632 g/mol. The van der Waals surface area contributed by atoms with Crippen LogP contribution in [0.2, 0.25) is 0 Å². The number of carbonyl (C=O) groups is 1. The first-order chi connectivity index (χ1) is 18.0. The molecule has 3 aliphatic rings. The molecule has 9 heteroatoms. The number of benzene rings is 1. The first-order valence-electron chi connectivity index (χ1n) is 13.2. The SMILES string of the molecule is Cc1ccc2[nH]c(COCNCC3CCCC3I=NC(=O)c3nc4c(s3)CN(C3(C)C=C3)CC4)cc2c1. The Bertz CT molecular complexity index is 1360. The Hall–Kier alpha value is -1.79. The lowest BCUT2D eigenvalue weighted by Crippen LogP contribution is -2.39. The molecule has 1 saturated carbocycles. The van der Waals surface area contributed by atoms with Crippen molar-refractivity contribution in [3.05, 3.63) is 63.3 Å².